The smallest absolute Gasteiger partial charge is 0.413 e. The zero-order valence-corrected chi connectivity index (χ0v) is 29.6. The molecule has 0 aromatic heterocycles. The number of allylic oxidation sites excluding steroid dienone is 1. The van der Waals surface area contributed by atoms with Crippen molar-refractivity contribution in [3.63, 3.8) is 0 Å². The molecule has 0 aliphatic carbocycles. The third-order valence-corrected chi connectivity index (χ3v) is 8.77. The summed E-state index contributed by atoms with van der Waals surface area (Å²) >= 11 is 0. The van der Waals surface area contributed by atoms with Crippen molar-refractivity contribution in [2.24, 2.45) is 5.92 Å². The van der Waals surface area contributed by atoms with Gasteiger partial charge in [0.15, 0.2) is 0 Å². The lowest BCUT2D eigenvalue weighted by Gasteiger charge is -2.30. The maximum atomic E-state index is 6.74. The molecule has 0 fully saturated rings. The van der Waals surface area contributed by atoms with Gasteiger partial charge in [0.05, 0.1) is 0 Å². The van der Waals surface area contributed by atoms with Gasteiger partial charge in [0, 0.05) is 17.0 Å². The molecule has 3 nitrogen and oxygen atoms in total. The molecular formula is C37H59O3P. The molecule has 0 saturated carbocycles. The summed E-state index contributed by atoms with van der Waals surface area (Å²) in [6.45, 7) is 35.6. The first-order chi connectivity index (χ1) is 18.7. The number of unbranched alkanes of at least 4 members (excludes halogenated alkanes) is 1. The number of rotatable bonds is 11. The van der Waals surface area contributed by atoms with Crippen LogP contribution in [0.4, 0.5) is 0 Å². The molecular weight excluding hydrogens is 523 g/mol. The Balaban J connectivity index is 2.61. The Hall–Kier alpha value is -1.99. The first-order valence-electron chi connectivity index (χ1n) is 15.5. The molecule has 2 rings (SSSR count). The van der Waals surface area contributed by atoms with E-state index in [9.17, 15) is 0 Å². The van der Waals surface area contributed by atoms with Crippen LogP contribution >= 0.6 is 8.60 Å². The molecule has 0 amide bonds. The van der Waals surface area contributed by atoms with Gasteiger partial charge in [-0.05, 0) is 57.8 Å². The summed E-state index contributed by atoms with van der Waals surface area (Å²) in [7, 11) is -1.81. The Labute approximate surface area is 254 Å². The van der Waals surface area contributed by atoms with Crippen LogP contribution in [0, 0.1) is 5.92 Å². The summed E-state index contributed by atoms with van der Waals surface area (Å²) in [6, 6.07) is 13.1. The number of benzene rings is 2. The van der Waals surface area contributed by atoms with Crippen molar-refractivity contribution in [1.29, 1.82) is 0 Å². The lowest BCUT2D eigenvalue weighted by Crippen LogP contribution is -2.19. The third kappa shape index (κ3) is 10.1. The second-order valence-electron chi connectivity index (χ2n) is 15.6. The highest BCUT2D eigenvalue weighted by Crippen LogP contribution is 2.50. The minimum atomic E-state index is -1.81. The maximum Gasteiger partial charge on any atom is 0.529 e. The predicted octanol–water partition coefficient (Wildman–Crippen LogP) is 12.3. The van der Waals surface area contributed by atoms with Crippen LogP contribution in [0.25, 0.3) is 0 Å². The standard InChI is InChI=1S/C37H59O3P/c1-16-18-19-27(17-2)26(3)38-41(39-32-22-20-28(34(4,5)6)24-30(32)36(10,11)12)40-33-23-21-29(35(7,8)9)25-31(33)37(13,14)15/h20-25,27H,3,16-19H2,1-2,4-15H3. The van der Waals surface area contributed by atoms with Gasteiger partial charge in [-0.2, -0.15) is 0 Å². The normalized spacial score (nSPS) is 13.7. The molecule has 0 bridgehead atoms. The van der Waals surface area contributed by atoms with Crippen LogP contribution in [-0.2, 0) is 26.2 Å². The van der Waals surface area contributed by atoms with E-state index in [0.717, 1.165) is 54.1 Å². The van der Waals surface area contributed by atoms with E-state index in [1.54, 1.807) is 0 Å². The SMILES string of the molecule is C=C(OP(Oc1ccc(C(C)(C)C)cc1C(C)(C)C)Oc1ccc(C(C)(C)C)cc1C(C)(C)C)C(CC)CCCC. The zero-order chi connectivity index (χ0) is 31.4. The molecule has 1 atom stereocenters. The van der Waals surface area contributed by atoms with Crippen LogP contribution < -0.4 is 9.05 Å². The predicted molar refractivity (Wildman–Crippen MR) is 179 cm³/mol. The van der Waals surface area contributed by atoms with Gasteiger partial charge < -0.3 is 13.6 Å². The van der Waals surface area contributed by atoms with Gasteiger partial charge in [-0.1, -0.05) is 141 Å². The molecule has 230 valence electrons. The van der Waals surface area contributed by atoms with E-state index >= 15 is 0 Å². The van der Waals surface area contributed by atoms with Crippen LogP contribution in [-0.4, -0.2) is 0 Å². The highest BCUT2D eigenvalue weighted by molar-refractivity contribution is 7.42. The summed E-state index contributed by atoms with van der Waals surface area (Å²) in [5, 5.41) is 0. The van der Waals surface area contributed by atoms with Gasteiger partial charge in [-0.15, -0.1) is 0 Å². The molecule has 2 aromatic rings. The summed E-state index contributed by atoms with van der Waals surface area (Å²) in [5.41, 5.74) is 4.69. The number of hydrogen-bond acceptors (Lipinski definition) is 3. The lowest BCUT2D eigenvalue weighted by molar-refractivity contribution is 0.280. The van der Waals surface area contributed by atoms with E-state index < -0.39 is 8.60 Å². The van der Waals surface area contributed by atoms with Crippen LogP contribution in [0.5, 0.6) is 11.5 Å². The van der Waals surface area contributed by atoms with Gasteiger partial charge in [-0.3, -0.25) is 0 Å². The Bertz CT molecular complexity index is 1080. The van der Waals surface area contributed by atoms with Crippen LogP contribution in [0.3, 0.4) is 0 Å². The molecule has 0 radical (unpaired) electrons. The Morgan fingerprint density at radius 1 is 0.683 bits per heavy atom. The van der Waals surface area contributed by atoms with Crippen molar-refractivity contribution < 1.29 is 13.6 Å². The molecule has 0 heterocycles. The molecule has 0 spiro atoms. The van der Waals surface area contributed by atoms with Crippen LogP contribution in [0.1, 0.15) is 145 Å². The quantitative estimate of drug-likeness (QED) is 0.195. The van der Waals surface area contributed by atoms with Gasteiger partial charge >= 0.3 is 8.60 Å². The molecule has 0 saturated heterocycles. The Morgan fingerprint density at radius 2 is 1.10 bits per heavy atom. The summed E-state index contributed by atoms with van der Waals surface area (Å²) in [6.07, 6.45) is 4.32. The first-order valence-corrected chi connectivity index (χ1v) is 16.6. The molecule has 4 heteroatoms. The fraction of sp³-hybridized carbons (Fsp3) is 0.622. The first kappa shape index (κ1) is 35.2. The van der Waals surface area contributed by atoms with E-state index in [1.165, 1.54) is 11.1 Å². The second-order valence-corrected chi connectivity index (χ2v) is 16.6. The fourth-order valence-electron chi connectivity index (χ4n) is 4.75. The fourth-order valence-corrected chi connectivity index (χ4v) is 5.85. The van der Waals surface area contributed by atoms with E-state index in [1.807, 2.05) is 0 Å². The van der Waals surface area contributed by atoms with E-state index in [0.29, 0.717) is 0 Å². The lowest BCUT2D eigenvalue weighted by atomic mass is 9.80. The van der Waals surface area contributed by atoms with Gasteiger partial charge in [-0.25, -0.2) is 0 Å². The van der Waals surface area contributed by atoms with Crippen LogP contribution in [0.15, 0.2) is 48.7 Å². The largest absolute Gasteiger partial charge is 0.529 e. The number of hydrogen-bond donors (Lipinski definition) is 0. The molecule has 0 aliphatic heterocycles. The summed E-state index contributed by atoms with van der Waals surface area (Å²) in [5.74, 6) is 2.62. The van der Waals surface area contributed by atoms with E-state index in [-0.39, 0.29) is 27.6 Å². The van der Waals surface area contributed by atoms with Crippen molar-refractivity contribution >= 4 is 8.60 Å². The van der Waals surface area contributed by atoms with E-state index in [4.69, 9.17) is 13.6 Å². The highest BCUT2D eigenvalue weighted by Gasteiger charge is 2.31. The highest BCUT2D eigenvalue weighted by atomic mass is 31.2. The molecule has 1 unspecified atom stereocenters. The van der Waals surface area contributed by atoms with Crippen molar-refractivity contribution in [1.82, 2.24) is 0 Å². The summed E-state index contributed by atoms with van der Waals surface area (Å²) in [4.78, 5) is 0. The van der Waals surface area contributed by atoms with Gasteiger partial charge in [0.25, 0.3) is 0 Å². The topological polar surface area (TPSA) is 27.7 Å². The molecule has 2 aromatic carbocycles. The Morgan fingerprint density at radius 3 is 1.41 bits per heavy atom. The van der Waals surface area contributed by atoms with Gasteiger partial charge in [0.1, 0.15) is 17.3 Å². The summed E-state index contributed by atoms with van der Waals surface area (Å²) < 4.78 is 20.0. The average Bonchev–Trinajstić information content (AvgIpc) is 2.82. The van der Waals surface area contributed by atoms with E-state index in [2.05, 4.69) is 140 Å². The van der Waals surface area contributed by atoms with Crippen LogP contribution in [0.2, 0.25) is 0 Å². The minimum absolute atomic E-state index is 0.0363. The molecule has 41 heavy (non-hydrogen) atoms. The minimum Gasteiger partial charge on any atom is -0.413 e. The monoisotopic (exact) mass is 582 g/mol. The Kier molecular flexibility index (Phi) is 11.6. The van der Waals surface area contributed by atoms with Crippen molar-refractivity contribution in [3.05, 3.63) is 71.0 Å². The zero-order valence-electron chi connectivity index (χ0n) is 28.7. The molecule has 0 N–H and O–H groups in total. The van der Waals surface area contributed by atoms with Crippen molar-refractivity contribution in [2.75, 3.05) is 0 Å². The van der Waals surface area contributed by atoms with Gasteiger partial charge in [0.2, 0.25) is 0 Å². The maximum absolute atomic E-state index is 6.74. The van der Waals surface area contributed by atoms with Crippen molar-refractivity contribution in [2.45, 2.75) is 144 Å². The van der Waals surface area contributed by atoms with Crippen molar-refractivity contribution in [3.8, 4) is 11.5 Å². The molecule has 0 aliphatic rings. The third-order valence-electron chi connectivity index (χ3n) is 7.70. The average molecular weight is 583 g/mol. The second kappa shape index (κ2) is 13.5.